The second-order valence-corrected chi connectivity index (χ2v) is 6.52. The van der Waals surface area contributed by atoms with E-state index in [0.29, 0.717) is 5.76 Å². The summed E-state index contributed by atoms with van der Waals surface area (Å²) in [6, 6.07) is 5.49. The SMILES string of the molecule is CS(=O)(=O)c1cc(C(=O)O)cc(N=Cc2ccco2)c1Cl. The molecule has 0 aliphatic heterocycles. The zero-order chi connectivity index (χ0) is 15.6. The predicted molar refractivity (Wildman–Crippen MR) is 77.5 cm³/mol. The van der Waals surface area contributed by atoms with Crippen LogP contribution in [0.25, 0.3) is 0 Å². The van der Waals surface area contributed by atoms with E-state index in [9.17, 15) is 13.2 Å². The first-order valence-corrected chi connectivity index (χ1v) is 7.90. The number of carboxylic acids is 1. The Labute approximate surface area is 125 Å². The number of halogens is 1. The summed E-state index contributed by atoms with van der Waals surface area (Å²) in [5.74, 6) is -0.848. The summed E-state index contributed by atoms with van der Waals surface area (Å²) in [6.07, 6.45) is 3.71. The number of aliphatic imine (C=N–C) groups is 1. The molecular weight excluding hydrogens is 318 g/mol. The lowest BCUT2D eigenvalue weighted by atomic mass is 10.2. The molecule has 0 fully saturated rings. The molecule has 2 aromatic rings. The molecule has 0 aliphatic rings. The highest BCUT2D eigenvalue weighted by molar-refractivity contribution is 7.90. The molecule has 0 spiro atoms. The highest BCUT2D eigenvalue weighted by atomic mass is 35.5. The van der Waals surface area contributed by atoms with Gasteiger partial charge in [0.05, 0.1) is 33.6 Å². The molecule has 0 aliphatic carbocycles. The van der Waals surface area contributed by atoms with E-state index >= 15 is 0 Å². The molecule has 1 aromatic heterocycles. The molecule has 0 saturated carbocycles. The Kier molecular flexibility index (Phi) is 4.15. The van der Waals surface area contributed by atoms with Crippen LogP contribution in [0.5, 0.6) is 0 Å². The minimum Gasteiger partial charge on any atom is -0.478 e. The zero-order valence-corrected chi connectivity index (χ0v) is 12.4. The second-order valence-electron chi connectivity index (χ2n) is 4.16. The maximum atomic E-state index is 11.7. The normalized spacial score (nSPS) is 11.9. The van der Waals surface area contributed by atoms with Crippen molar-refractivity contribution in [3.05, 3.63) is 46.9 Å². The Balaban J connectivity index is 2.59. The van der Waals surface area contributed by atoms with Crippen molar-refractivity contribution in [3.63, 3.8) is 0 Å². The third-order valence-corrected chi connectivity index (χ3v) is 4.17. The van der Waals surface area contributed by atoms with Crippen molar-refractivity contribution in [3.8, 4) is 0 Å². The van der Waals surface area contributed by atoms with Crippen LogP contribution in [-0.4, -0.2) is 32.0 Å². The molecule has 1 heterocycles. The van der Waals surface area contributed by atoms with Crippen LogP contribution in [0.15, 0.2) is 44.8 Å². The van der Waals surface area contributed by atoms with Crippen molar-refractivity contribution < 1.29 is 22.7 Å². The van der Waals surface area contributed by atoms with Gasteiger partial charge in [0.1, 0.15) is 5.76 Å². The van der Waals surface area contributed by atoms with E-state index in [-0.39, 0.29) is 21.2 Å². The fourth-order valence-electron chi connectivity index (χ4n) is 1.57. The van der Waals surface area contributed by atoms with Gasteiger partial charge in [-0.2, -0.15) is 0 Å². The van der Waals surface area contributed by atoms with Gasteiger partial charge in [0.25, 0.3) is 0 Å². The number of rotatable bonds is 4. The van der Waals surface area contributed by atoms with Gasteiger partial charge in [0.2, 0.25) is 0 Å². The number of hydrogen-bond acceptors (Lipinski definition) is 5. The van der Waals surface area contributed by atoms with Gasteiger partial charge < -0.3 is 9.52 Å². The van der Waals surface area contributed by atoms with Crippen molar-refractivity contribution in [1.82, 2.24) is 0 Å². The van der Waals surface area contributed by atoms with Crippen LogP contribution in [0.2, 0.25) is 5.02 Å². The van der Waals surface area contributed by atoms with Crippen LogP contribution in [0.1, 0.15) is 16.1 Å². The lowest BCUT2D eigenvalue weighted by molar-refractivity contribution is 0.0696. The van der Waals surface area contributed by atoms with Gasteiger partial charge in [-0.05, 0) is 24.3 Å². The highest BCUT2D eigenvalue weighted by Gasteiger charge is 2.19. The van der Waals surface area contributed by atoms with Crippen LogP contribution in [-0.2, 0) is 9.84 Å². The quantitative estimate of drug-likeness (QED) is 0.871. The van der Waals surface area contributed by atoms with Gasteiger partial charge in [0.15, 0.2) is 9.84 Å². The number of sulfone groups is 1. The summed E-state index contributed by atoms with van der Waals surface area (Å²) in [7, 11) is -3.68. The molecule has 110 valence electrons. The van der Waals surface area contributed by atoms with Crippen LogP contribution in [0.3, 0.4) is 0 Å². The maximum absolute atomic E-state index is 11.7. The third kappa shape index (κ3) is 3.50. The molecule has 0 unspecified atom stereocenters. The maximum Gasteiger partial charge on any atom is 0.335 e. The minimum absolute atomic E-state index is 0.0355. The van der Waals surface area contributed by atoms with E-state index in [1.165, 1.54) is 18.5 Å². The Morgan fingerprint density at radius 3 is 2.67 bits per heavy atom. The molecule has 1 aromatic carbocycles. The molecule has 0 bridgehead atoms. The van der Waals surface area contributed by atoms with Crippen LogP contribution < -0.4 is 0 Å². The van der Waals surface area contributed by atoms with Gasteiger partial charge in [-0.25, -0.2) is 13.2 Å². The van der Waals surface area contributed by atoms with Gasteiger partial charge in [-0.3, -0.25) is 4.99 Å². The van der Waals surface area contributed by atoms with Crippen LogP contribution >= 0.6 is 11.6 Å². The first kappa shape index (κ1) is 15.3. The summed E-state index contributed by atoms with van der Waals surface area (Å²) < 4.78 is 28.4. The summed E-state index contributed by atoms with van der Waals surface area (Å²) in [5.41, 5.74) is -0.181. The number of hydrogen-bond donors (Lipinski definition) is 1. The van der Waals surface area contributed by atoms with Gasteiger partial charge >= 0.3 is 5.97 Å². The minimum atomic E-state index is -3.68. The van der Waals surface area contributed by atoms with E-state index in [1.54, 1.807) is 12.1 Å². The molecule has 2 rings (SSSR count). The van der Waals surface area contributed by atoms with Gasteiger partial charge in [-0.15, -0.1) is 0 Å². The molecule has 6 nitrogen and oxygen atoms in total. The molecule has 0 amide bonds. The topological polar surface area (TPSA) is 96.9 Å². The lowest BCUT2D eigenvalue weighted by Crippen LogP contribution is -2.03. The molecule has 21 heavy (non-hydrogen) atoms. The second kappa shape index (κ2) is 5.71. The Morgan fingerprint density at radius 1 is 1.43 bits per heavy atom. The molecule has 1 N–H and O–H groups in total. The van der Waals surface area contributed by atoms with E-state index in [4.69, 9.17) is 21.1 Å². The first-order chi connectivity index (χ1) is 9.79. The average Bonchev–Trinajstić information content (AvgIpc) is 2.88. The largest absolute Gasteiger partial charge is 0.478 e. The number of carbonyl (C=O) groups is 1. The molecule has 0 radical (unpaired) electrons. The Bertz CT molecular complexity index is 809. The van der Waals surface area contributed by atoms with Crippen molar-refractivity contribution in [2.45, 2.75) is 4.90 Å². The Hall–Kier alpha value is -2.12. The summed E-state index contributed by atoms with van der Waals surface area (Å²) in [6.45, 7) is 0. The smallest absolute Gasteiger partial charge is 0.335 e. The highest BCUT2D eigenvalue weighted by Crippen LogP contribution is 2.33. The van der Waals surface area contributed by atoms with Crippen LogP contribution in [0.4, 0.5) is 5.69 Å². The first-order valence-electron chi connectivity index (χ1n) is 5.63. The fraction of sp³-hybridized carbons (Fsp3) is 0.0769. The van der Waals surface area contributed by atoms with Crippen molar-refractivity contribution >= 4 is 39.3 Å². The van der Waals surface area contributed by atoms with E-state index < -0.39 is 15.8 Å². The van der Waals surface area contributed by atoms with Crippen molar-refractivity contribution in [2.24, 2.45) is 4.99 Å². The number of furan rings is 1. The fourth-order valence-corrected chi connectivity index (χ4v) is 2.92. The summed E-state index contributed by atoms with van der Waals surface area (Å²) >= 11 is 5.99. The van der Waals surface area contributed by atoms with Crippen LogP contribution in [0, 0.1) is 0 Å². The molecule has 0 atom stereocenters. The third-order valence-electron chi connectivity index (χ3n) is 2.54. The molecule has 8 heteroatoms. The average molecular weight is 328 g/mol. The van der Waals surface area contributed by atoms with E-state index in [2.05, 4.69) is 4.99 Å². The summed E-state index contributed by atoms with van der Waals surface area (Å²) in [5, 5.41) is 8.90. The zero-order valence-electron chi connectivity index (χ0n) is 10.8. The molecular formula is C13H10ClNO5S. The standard InChI is InChI=1S/C13H10ClNO5S/c1-21(18,19)11-6-8(13(16)17)5-10(12(11)14)15-7-9-3-2-4-20-9/h2-7H,1H3,(H,16,17). The Morgan fingerprint density at radius 2 is 2.14 bits per heavy atom. The lowest BCUT2D eigenvalue weighted by Gasteiger charge is -2.07. The predicted octanol–water partition coefficient (Wildman–Crippen LogP) is 2.79. The summed E-state index contributed by atoms with van der Waals surface area (Å²) in [4.78, 5) is 14.8. The van der Waals surface area contributed by atoms with E-state index in [1.807, 2.05) is 0 Å². The van der Waals surface area contributed by atoms with E-state index in [0.717, 1.165) is 12.3 Å². The van der Waals surface area contributed by atoms with Gasteiger partial charge in [-0.1, -0.05) is 11.6 Å². The van der Waals surface area contributed by atoms with Gasteiger partial charge in [0, 0.05) is 6.26 Å². The molecule has 0 saturated heterocycles. The number of benzene rings is 1. The van der Waals surface area contributed by atoms with Crippen molar-refractivity contribution in [2.75, 3.05) is 6.26 Å². The van der Waals surface area contributed by atoms with Crippen molar-refractivity contribution in [1.29, 1.82) is 0 Å². The number of nitrogens with zero attached hydrogens (tertiary/aromatic N) is 1. The monoisotopic (exact) mass is 327 g/mol. The number of carboxylic acid groups (broad SMARTS) is 1. The number of aromatic carboxylic acids is 1.